The molecule has 0 atom stereocenters. The first-order valence-electron chi connectivity index (χ1n) is 6.48. The van der Waals surface area contributed by atoms with E-state index in [0.29, 0.717) is 30.5 Å². The van der Waals surface area contributed by atoms with Crippen LogP contribution in [0.1, 0.15) is 21.9 Å². The molecule has 1 N–H and O–H groups in total. The molecule has 110 valence electrons. The molecule has 0 saturated carbocycles. The number of aromatic carboxylic acids is 1. The first-order valence-corrected chi connectivity index (χ1v) is 7.47. The molecular weight excluding hydrogens is 292 g/mol. The van der Waals surface area contributed by atoms with Crippen LogP contribution in [0.4, 0.5) is 0 Å². The van der Waals surface area contributed by atoms with Crippen LogP contribution in [-0.2, 0) is 5.75 Å². The number of carbonyl (C=O) groups is 1. The highest BCUT2D eigenvalue weighted by Gasteiger charge is 2.15. The van der Waals surface area contributed by atoms with E-state index in [4.69, 9.17) is 19.0 Å². The zero-order chi connectivity index (χ0) is 14.8. The lowest BCUT2D eigenvalue weighted by atomic mass is 10.2. The predicted octanol–water partition coefficient (Wildman–Crippen LogP) is 3.35. The summed E-state index contributed by atoms with van der Waals surface area (Å²) >= 11 is 1.56. The molecule has 5 nitrogen and oxygen atoms in total. The Morgan fingerprint density at radius 3 is 2.71 bits per heavy atom. The molecule has 0 amide bonds. The van der Waals surface area contributed by atoms with Crippen LogP contribution in [0.15, 0.2) is 33.6 Å². The molecule has 1 aromatic carbocycles. The Morgan fingerprint density at radius 1 is 1.24 bits per heavy atom. The highest BCUT2D eigenvalue weighted by molar-refractivity contribution is 7.98. The topological polar surface area (TPSA) is 68.9 Å². The Kier molecular flexibility index (Phi) is 3.79. The Morgan fingerprint density at radius 2 is 2.00 bits per heavy atom. The first kappa shape index (κ1) is 13.9. The minimum Gasteiger partial charge on any atom is -0.486 e. The summed E-state index contributed by atoms with van der Waals surface area (Å²) in [7, 11) is 0. The number of furan rings is 1. The van der Waals surface area contributed by atoms with Crippen LogP contribution in [-0.4, -0.2) is 24.3 Å². The van der Waals surface area contributed by atoms with Crippen molar-refractivity contribution in [2.24, 2.45) is 0 Å². The molecule has 2 aromatic rings. The van der Waals surface area contributed by atoms with Crippen molar-refractivity contribution in [3.8, 4) is 11.5 Å². The Balaban J connectivity index is 1.70. The molecule has 21 heavy (non-hydrogen) atoms. The molecule has 0 fully saturated rings. The second-order valence-electron chi connectivity index (χ2n) is 4.58. The van der Waals surface area contributed by atoms with E-state index < -0.39 is 5.97 Å². The molecule has 3 rings (SSSR count). The predicted molar refractivity (Wildman–Crippen MR) is 77.4 cm³/mol. The minimum atomic E-state index is -0.966. The molecule has 2 heterocycles. The SMILES string of the molecule is Cc1oc(CSc2ccc3c(c2)OCCO3)cc1C(=O)O. The van der Waals surface area contributed by atoms with Gasteiger partial charge in [0.1, 0.15) is 30.3 Å². The fourth-order valence-electron chi connectivity index (χ4n) is 2.10. The zero-order valence-corrected chi connectivity index (χ0v) is 12.2. The molecule has 1 aliphatic heterocycles. The summed E-state index contributed by atoms with van der Waals surface area (Å²) in [6, 6.07) is 7.33. The lowest BCUT2D eigenvalue weighted by Gasteiger charge is -2.18. The van der Waals surface area contributed by atoms with Crippen molar-refractivity contribution in [2.75, 3.05) is 13.2 Å². The maximum Gasteiger partial charge on any atom is 0.339 e. The number of aryl methyl sites for hydroxylation is 1. The fraction of sp³-hybridized carbons (Fsp3) is 0.267. The van der Waals surface area contributed by atoms with Gasteiger partial charge >= 0.3 is 5.97 Å². The Bertz CT molecular complexity index is 677. The van der Waals surface area contributed by atoms with Crippen LogP contribution >= 0.6 is 11.8 Å². The molecule has 1 aromatic heterocycles. The van der Waals surface area contributed by atoms with Gasteiger partial charge in [-0.3, -0.25) is 0 Å². The maximum atomic E-state index is 11.0. The maximum absolute atomic E-state index is 11.0. The molecule has 1 aliphatic rings. The lowest BCUT2D eigenvalue weighted by Crippen LogP contribution is -2.15. The van der Waals surface area contributed by atoms with E-state index in [0.717, 1.165) is 16.4 Å². The van der Waals surface area contributed by atoms with Gasteiger partial charge in [0.15, 0.2) is 11.5 Å². The third kappa shape index (κ3) is 3.00. The smallest absolute Gasteiger partial charge is 0.339 e. The number of carboxylic acid groups (broad SMARTS) is 1. The Hall–Kier alpha value is -2.08. The normalized spacial score (nSPS) is 13.2. The van der Waals surface area contributed by atoms with Gasteiger partial charge in [-0.05, 0) is 31.2 Å². The van der Waals surface area contributed by atoms with Crippen molar-refractivity contribution in [1.82, 2.24) is 0 Å². The summed E-state index contributed by atoms with van der Waals surface area (Å²) in [5.74, 6) is 2.17. The van der Waals surface area contributed by atoms with Crippen molar-refractivity contribution in [1.29, 1.82) is 0 Å². The van der Waals surface area contributed by atoms with Crippen LogP contribution < -0.4 is 9.47 Å². The van der Waals surface area contributed by atoms with Crippen LogP contribution in [0.5, 0.6) is 11.5 Å². The van der Waals surface area contributed by atoms with Gasteiger partial charge < -0.3 is 19.0 Å². The minimum absolute atomic E-state index is 0.216. The van der Waals surface area contributed by atoms with Gasteiger partial charge in [-0.25, -0.2) is 4.79 Å². The van der Waals surface area contributed by atoms with Gasteiger partial charge in [0.25, 0.3) is 0 Å². The Labute approximate surface area is 125 Å². The van der Waals surface area contributed by atoms with E-state index in [9.17, 15) is 4.79 Å². The summed E-state index contributed by atoms with van der Waals surface area (Å²) in [5.41, 5.74) is 0.216. The van der Waals surface area contributed by atoms with Gasteiger partial charge in [0, 0.05) is 4.90 Å². The van der Waals surface area contributed by atoms with E-state index in [1.165, 1.54) is 0 Å². The van der Waals surface area contributed by atoms with Crippen LogP contribution in [0.2, 0.25) is 0 Å². The number of benzene rings is 1. The quantitative estimate of drug-likeness (QED) is 0.874. The molecule has 0 aliphatic carbocycles. The summed E-state index contributed by atoms with van der Waals surface area (Å²) in [5, 5.41) is 9.00. The van der Waals surface area contributed by atoms with Gasteiger partial charge in [-0.1, -0.05) is 0 Å². The number of hydrogen-bond acceptors (Lipinski definition) is 5. The van der Waals surface area contributed by atoms with Crippen LogP contribution in [0.3, 0.4) is 0 Å². The molecule has 0 bridgehead atoms. The van der Waals surface area contributed by atoms with Crippen LogP contribution in [0, 0.1) is 6.92 Å². The summed E-state index contributed by atoms with van der Waals surface area (Å²) in [6.07, 6.45) is 0. The average molecular weight is 306 g/mol. The highest BCUT2D eigenvalue weighted by atomic mass is 32.2. The van der Waals surface area contributed by atoms with Crippen molar-refractivity contribution in [3.63, 3.8) is 0 Å². The van der Waals surface area contributed by atoms with E-state index in [2.05, 4.69) is 0 Å². The lowest BCUT2D eigenvalue weighted by molar-refractivity contribution is 0.0695. The summed E-state index contributed by atoms with van der Waals surface area (Å²) in [4.78, 5) is 12.0. The third-order valence-electron chi connectivity index (χ3n) is 3.09. The molecule has 0 saturated heterocycles. The van der Waals surface area contributed by atoms with Crippen molar-refractivity contribution in [3.05, 3.63) is 41.3 Å². The van der Waals surface area contributed by atoms with Crippen LogP contribution in [0.25, 0.3) is 0 Å². The van der Waals surface area contributed by atoms with E-state index >= 15 is 0 Å². The number of thioether (sulfide) groups is 1. The zero-order valence-electron chi connectivity index (χ0n) is 11.4. The largest absolute Gasteiger partial charge is 0.486 e. The van der Waals surface area contributed by atoms with Crippen molar-refractivity contribution >= 4 is 17.7 Å². The van der Waals surface area contributed by atoms with Gasteiger partial charge in [0.05, 0.1) is 5.75 Å². The van der Waals surface area contributed by atoms with Gasteiger partial charge in [-0.2, -0.15) is 0 Å². The number of fused-ring (bicyclic) bond motifs is 1. The fourth-order valence-corrected chi connectivity index (χ4v) is 2.90. The van der Waals surface area contributed by atoms with Crippen molar-refractivity contribution in [2.45, 2.75) is 17.6 Å². The molecule has 6 heteroatoms. The number of rotatable bonds is 4. The molecular formula is C15H14O5S. The van der Waals surface area contributed by atoms with E-state index in [1.807, 2.05) is 18.2 Å². The monoisotopic (exact) mass is 306 g/mol. The standard InChI is InChI=1S/C15H14O5S/c1-9-12(15(16)17)6-10(20-9)8-21-11-2-3-13-14(7-11)19-5-4-18-13/h2-3,6-7H,4-5,8H2,1H3,(H,16,17). The number of carboxylic acids is 1. The molecule has 0 spiro atoms. The second kappa shape index (κ2) is 5.73. The van der Waals surface area contributed by atoms with E-state index in [1.54, 1.807) is 24.8 Å². The number of hydrogen-bond donors (Lipinski definition) is 1. The first-order chi connectivity index (χ1) is 10.1. The third-order valence-corrected chi connectivity index (χ3v) is 4.11. The van der Waals surface area contributed by atoms with Gasteiger partial charge in [-0.15, -0.1) is 11.8 Å². The molecule has 0 radical (unpaired) electrons. The number of ether oxygens (including phenoxy) is 2. The van der Waals surface area contributed by atoms with Gasteiger partial charge in [0.2, 0.25) is 0 Å². The summed E-state index contributed by atoms with van der Waals surface area (Å²) in [6.45, 7) is 2.78. The average Bonchev–Trinajstić information content (AvgIpc) is 2.86. The summed E-state index contributed by atoms with van der Waals surface area (Å²) < 4.78 is 16.5. The highest BCUT2D eigenvalue weighted by Crippen LogP contribution is 2.35. The van der Waals surface area contributed by atoms with Crippen molar-refractivity contribution < 1.29 is 23.8 Å². The second-order valence-corrected chi connectivity index (χ2v) is 5.63. The molecule has 0 unspecified atom stereocenters. The van der Waals surface area contributed by atoms with E-state index in [-0.39, 0.29) is 5.56 Å².